The number of carbonyl (C=O) groups excluding carboxylic acids is 2. The van der Waals surface area contributed by atoms with Crippen molar-refractivity contribution in [3.05, 3.63) is 64.0 Å². The van der Waals surface area contributed by atoms with Crippen molar-refractivity contribution in [2.24, 2.45) is 0 Å². The summed E-state index contributed by atoms with van der Waals surface area (Å²) in [7, 11) is 1.41. The molecule has 0 saturated carbocycles. The molecule has 0 aliphatic carbocycles. The lowest BCUT2D eigenvalue weighted by Crippen LogP contribution is -2.19. The number of hydrogen-bond acceptors (Lipinski definition) is 5. The van der Waals surface area contributed by atoms with Gasteiger partial charge in [-0.05, 0) is 24.3 Å². The summed E-state index contributed by atoms with van der Waals surface area (Å²) >= 11 is 0. The smallest absolute Gasteiger partial charge is 0.282 e. The normalized spacial score (nSPS) is 9.86. The number of rotatable bonds is 4. The first-order valence-electron chi connectivity index (χ1n) is 6.25. The van der Waals surface area contributed by atoms with Crippen LogP contribution in [0.3, 0.4) is 0 Å². The molecule has 0 fully saturated rings. The largest absolute Gasteiger partial charge is 0.355 e. The third-order valence-electron chi connectivity index (χ3n) is 2.85. The maximum Gasteiger partial charge on any atom is 0.282 e. The number of nitro groups is 1. The van der Waals surface area contributed by atoms with Crippen LogP contribution in [-0.4, -0.2) is 28.8 Å². The number of aromatic nitrogens is 1. The van der Waals surface area contributed by atoms with Crippen molar-refractivity contribution in [1.29, 1.82) is 0 Å². The highest BCUT2D eigenvalue weighted by Crippen LogP contribution is 2.21. The van der Waals surface area contributed by atoms with Crippen LogP contribution in [-0.2, 0) is 0 Å². The zero-order valence-corrected chi connectivity index (χ0v) is 11.6. The second-order valence-electron chi connectivity index (χ2n) is 4.26. The molecule has 1 heterocycles. The number of pyridine rings is 1. The number of hydrogen-bond donors (Lipinski definition) is 2. The minimum atomic E-state index is -0.704. The predicted octanol–water partition coefficient (Wildman–Crippen LogP) is 1.60. The SMILES string of the molecule is CNC(=O)c1ccc(C(=O)Nc2cccnc2)c([N+](=O)[O-])c1. The third-order valence-corrected chi connectivity index (χ3v) is 2.85. The first kappa shape index (κ1) is 15.1. The van der Waals surface area contributed by atoms with Gasteiger partial charge in [0, 0.05) is 24.9 Å². The molecule has 0 aliphatic rings. The van der Waals surface area contributed by atoms with Gasteiger partial charge in [0.15, 0.2) is 0 Å². The second-order valence-corrected chi connectivity index (χ2v) is 4.26. The Hall–Kier alpha value is -3.29. The highest BCUT2D eigenvalue weighted by molar-refractivity contribution is 6.08. The van der Waals surface area contributed by atoms with Crippen LogP contribution in [0.1, 0.15) is 20.7 Å². The molecule has 2 rings (SSSR count). The van der Waals surface area contributed by atoms with Crippen LogP contribution in [0, 0.1) is 10.1 Å². The predicted molar refractivity (Wildman–Crippen MR) is 78.7 cm³/mol. The van der Waals surface area contributed by atoms with E-state index in [0.717, 1.165) is 6.07 Å². The first-order valence-corrected chi connectivity index (χ1v) is 6.25. The van der Waals surface area contributed by atoms with E-state index in [4.69, 9.17) is 0 Å². The Morgan fingerprint density at radius 3 is 2.59 bits per heavy atom. The van der Waals surface area contributed by atoms with Gasteiger partial charge in [0.2, 0.25) is 0 Å². The van der Waals surface area contributed by atoms with Crippen LogP contribution in [0.25, 0.3) is 0 Å². The molecule has 2 N–H and O–H groups in total. The van der Waals surface area contributed by atoms with Crippen LogP contribution >= 0.6 is 0 Å². The van der Waals surface area contributed by atoms with Crippen LogP contribution < -0.4 is 10.6 Å². The van der Waals surface area contributed by atoms with Gasteiger partial charge >= 0.3 is 0 Å². The molecule has 2 aromatic rings. The van der Waals surface area contributed by atoms with E-state index in [1.807, 2.05) is 0 Å². The van der Waals surface area contributed by atoms with Gasteiger partial charge in [0.05, 0.1) is 16.8 Å². The Labute approximate surface area is 125 Å². The fraction of sp³-hybridized carbons (Fsp3) is 0.0714. The van der Waals surface area contributed by atoms with E-state index in [0.29, 0.717) is 5.69 Å². The molecule has 0 unspecified atom stereocenters. The van der Waals surface area contributed by atoms with Crippen molar-refractivity contribution < 1.29 is 14.5 Å². The van der Waals surface area contributed by atoms with Crippen molar-refractivity contribution in [2.75, 3.05) is 12.4 Å². The molecular weight excluding hydrogens is 288 g/mol. The average molecular weight is 300 g/mol. The number of nitrogens with zero attached hydrogens (tertiary/aromatic N) is 2. The molecule has 2 amide bonds. The molecule has 22 heavy (non-hydrogen) atoms. The summed E-state index contributed by atoms with van der Waals surface area (Å²) in [6.45, 7) is 0. The van der Waals surface area contributed by atoms with E-state index in [1.54, 1.807) is 12.1 Å². The van der Waals surface area contributed by atoms with Gasteiger partial charge in [-0.1, -0.05) is 0 Å². The Balaban J connectivity index is 2.35. The molecule has 0 atom stereocenters. The minimum absolute atomic E-state index is 0.104. The van der Waals surface area contributed by atoms with E-state index < -0.39 is 22.4 Å². The Kier molecular flexibility index (Phi) is 4.42. The van der Waals surface area contributed by atoms with Gasteiger partial charge in [-0.2, -0.15) is 0 Å². The topological polar surface area (TPSA) is 114 Å². The number of benzene rings is 1. The Morgan fingerprint density at radius 2 is 2.00 bits per heavy atom. The maximum absolute atomic E-state index is 12.1. The Morgan fingerprint density at radius 1 is 1.23 bits per heavy atom. The summed E-state index contributed by atoms with van der Waals surface area (Å²) in [5.74, 6) is -1.12. The van der Waals surface area contributed by atoms with Crippen LogP contribution in [0.2, 0.25) is 0 Å². The lowest BCUT2D eigenvalue weighted by atomic mass is 10.1. The molecular formula is C14H12N4O4. The molecule has 0 spiro atoms. The monoisotopic (exact) mass is 300 g/mol. The summed E-state index contributed by atoms with van der Waals surface area (Å²) in [5.41, 5.74) is -0.0618. The number of anilines is 1. The number of nitro benzene ring substituents is 1. The molecule has 1 aromatic heterocycles. The summed E-state index contributed by atoms with van der Waals surface area (Å²) in [6.07, 6.45) is 2.96. The molecule has 112 valence electrons. The van der Waals surface area contributed by atoms with Gasteiger partial charge in [-0.15, -0.1) is 0 Å². The van der Waals surface area contributed by atoms with Gasteiger partial charge in [-0.25, -0.2) is 0 Å². The lowest BCUT2D eigenvalue weighted by molar-refractivity contribution is -0.385. The van der Waals surface area contributed by atoms with Crippen molar-refractivity contribution >= 4 is 23.2 Å². The number of carbonyl (C=O) groups is 2. The van der Waals surface area contributed by atoms with E-state index in [1.165, 1.54) is 31.6 Å². The quantitative estimate of drug-likeness (QED) is 0.657. The van der Waals surface area contributed by atoms with Crippen LogP contribution in [0.5, 0.6) is 0 Å². The zero-order chi connectivity index (χ0) is 16.1. The van der Waals surface area contributed by atoms with Crippen molar-refractivity contribution in [3.63, 3.8) is 0 Å². The standard InChI is InChI=1S/C14H12N4O4/c1-15-13(19)9-4-5-11(12(7-9)18(21)22)14(20)17-10-3-2-6-16-8-10/h2-8H,1H3,(H,15,19)(H,17,20). The Bertz CT molecular complexity index is 731. The van der Waals surface area contributed by atoms with E-state index in [-0.39, 0.29) is 11.1 Å². The molecule has 8 heteroatoms. The van der Waals surface area contributed by atoms with E-state index >= 15 is 0 Å². The molecule has 0 bridgehead atoms. The molecule has 0 saturated heterocycles. The number of nitrogens with one attached hydrogen (secondary N) is 2. The molecule has 8 nitrogen and oxygen atoms in total. The summed E-state index contributed by atoms with van der Waals surface area (Å²) < 4.78 is 0. The zero-order valence-electron chi connectivity index (χ0n) is 11.6. The third kappa shape index (κ3) is 3.23. The average Bonchev–Trinajstić information content (AvgIpc) is 2.54. The highest BCUT2D eigenvalue weighted by Gasteiger charge is 2.22. The van der Waals surface area contributed by atoms with Crippen molar-refractivity contribution in [3.8, 4) is 0 Å². The van der Waals surface area contributed by atoms with Gasteiger partial charge in [-0.3, -0.25) is 24.7 Å². The van der Waals surface area contributed by atoms with Crippen molar-refractivity contribution in [2.45, 2.75) is 0 Å². The lowest BCUT2D eigenvalue weighted by Gasteiger charge is -2.06. The molecule has 1 aromatic carbocycles. The van der Waals surface area contributed by atoms with E-state index in [9.17, 15) is 19.7 Å². The second kappa shape index (κ2) is 6.44. The fourth-order valence-corrected chi connectivity index (χ4v) is 1.80. The van der Waals surface area contributed by atoms with Gasteiger partial charge in [0.25, 0.3) is 17.5 Å². The maximum atomic E-state index is 12.1. The van der Waals surface area contributed by atoms with Crippen molar-refractivity contribution in [1.82, 2.24) is 10.3 Å². The highest BCUT2D eigenvalue weighted by atomic mass is 16.6. The minimum Gasteiger partial charge on any atom is -0.355 e. The van der Waals surface area contributed by atoms with E-state index in [2.05, 4.69) is 15.6 Å². The summed E-state index contributed by atoms with van der Waals surface area (Å²) in [6, 6.07) is 6.89. The van der Waals surface area contributed by atoms with Crippen LogP contribution in [0.15, 0.2) is 42.7 Å². The molecule has 0 radical (unpaired) electrons. The molecule has 0 aliphatic heterocycles. The first-order chi connectivity index (χ1) is 10.5. The summed E-state index contributed by atoms with van der Waals surface area (Å²) in [4.78, 5) is 37.9. The fourth-order valence-electron chi connectivity index (χ4n) is 1.80. The van der Waals surface area contributed by atoms with Crippen LogP contribution in [0.4, 0.5) is 11.4 Å². The van der Waals surface area contributed by atoms with Gasteiger partial charge in [0.1, 0.15) is 5.56 Å². The summed E-state index contributed by atoms with van der Waals surface area (Å²) in [5, 5.41) is 16.0. The van der Waals surface area contributed by atoms with Gasteiger partial charge < -0.3 is 10.6 Å². The number of amides is 2.